The summed E-state index contributed by atoms with van der Waals surface area (Å²) in [6.07, 6.45) is 0. The quantitative estimate of drug-likeness (QED) is 0.493. The summed E-state index contributed by atoms with van der Waals surface area (Å²) in [6.45, 7) is 3.79. The molecule has 27 heavy (non-hydrogen) atoms. The summed E-state index contributed by atoms with van der Waals surface area (Å²) in [5.74, 6) is -1.69. The molecule has 146 valence electrons. The standard InChI is InChI=1S/C18H22ClN3O5/c1-12(2)10-21-16(24)17(25)22(18(21)26)11-15(23)20(3)8-9-27-14-6-4-13(19)5-7-14/h4-7,12H,8-11H2,1-3H3. The fourth-order valence-electron chi connectivity index (χ4n) is 2.43. The third kappa shape index (κ3) is 5.19. The Morgan fingerprint density at radius 2 is 1.70 bits per heavy atom. The van der Waals surface area contributed by atoms with Gasteiger partial charge in [-0.05, 0) is 30.2 Å². The highest BCUT2D eigenvalue weighted by Gasteiger charge is 2.45. The fourth-order valence-corrected chi connectivity index (χ4v) is 2.55. The zero-order chi connectivity index (χ0) is 20.1. The highest BCUT2D eigenvalue weighted by atomic mass is 35.5. The Kier molecular flexibility index (Phi) is 6.79. The summed E-state index contributed by atoms with van der Waals surface area (Å²) in [7, 11) is 1.53. The van der Waals surface area contributed by atoms with E-state index in [2.05, 4.69) is 0 Å². The third-order valence-corrected chi connectivity index (χ3v) is 4.16. The van der Waals surface area contributed by atoms with Crippen LogP contribution in [0.15, 0.2) is 24.3 Å². The molecule has 1 saturated heterocycles. The summed E-state index contributed by atoms with van der Waals surface area (Å²) < 4.78 is 5.51. The normalized spacial score (nSPS) is 14.3. The van der Waals surface area contributed by atoms with Gasteiger partial charge in [-0.15, -0.1) is 0 Å². The number of urea groups is 1. The van der Waals surface area contributed by atoms with Gasteiger partial charge in [0.15, 0.2) is 0 Å². The molecule has 8 nitrogen and oxygen atoms in total. The van der Waals surface area contributed by atoms with Crippen LogP contribution < -0.4 is 4.74 Å². The maximum absolute atomic E-state index is 12.3. The van der Waals surface area contributed by atoms with Crippen molar-refractivity contribution in [3.63, 3.8) is 0 Å². The lowest BCUT2D eigenvalue weighted by Gasteiger charge is -2.21. The predicted octanol–water partition coefficient (Wildman–Crippen LogP) is 1.62. The van der Waals surface area contributed by atoms with Crippen LogP contribution in [0.3, 0.4) is 0 Å². The molecule has 0 spiro atoms. The first-order chi connectivity index (χ1) is 12.7. The second kappa shape index (κ2) is 8.85. The van der Waals surface area contributed by atoms with E-state index in [4.69, 9.17) is 16.3 Å². The van der Waals surface area contributed by atoms with E-state index < -0.39 is 30.3 Å². The molecule has 5 amide bonds. The lowest BCUT2D eigenvalue weighted by molar-refractivity contribution is -0.144. The maximum Gasteiger partial charge on any atom is 0.334 e. The van der Waals surface area contributed by atoms with Gasteiger partial charge in [0.25, 0.3) is 0 Å². The molecule has 0 aromatic heterocycles. The van der Waals surface area contributed by atoms with Crippen LogP contribution in [0.25, 0.3) is 0 Å². The van der Waals surface area contributed by atoms with E-state index in [-0.39, 0.29) is 25.6 Å². The highest BCUT2D eigenvalue weighted by molar-refractivity contribution is 6.45. The molecule has 0 radical (unpaired) electrons. The summed E-state index contributed by atoms with van der Waals surface area (Å²) >= 11 is 5.79. The molecule has 0 atom stereocenters. The van der Waals surface area contributed by atoms with Crippen LogP contribution in [0.4, 0.5) is 4.79 Å². The number of ether oxygens (including phenoxy) is 1. The monoisotopic (exact) mass is 395 g/mol. The molecular formula is C18H22ClN3O5. The number of likely N-dealkylation sites (N-methyl/N-ethyl adjacent to an activating group) is 1. The van der Waals surface area contributed by atoms with E-state index in [1.807, 2.05) is 13.8 Å². The van der Waals surface area contributed by atoms with Crippen molar-refractivity contribution in [3.8, 4) is 5.75 Å². The Hall–Kier alpha value is -2.61. The Morgan fingerprint density at radius 3 is 2.30 bits per heavy atom. The number of carbonyl (C=O) groups is 4. The van der Waals surface area contributed by atoms with Gasteiger partial charge in [-0.3, -0.25) is 19.3 Å². The van der Waals surface area contributed by atoms with Gasteiger partial charge in [-0.1, -0.05) is 25.4 Å². The second-order valence-corrected chi connectivity index (χ2v) is 7.04. The van der Waals surface area contributed by atoms with E-state index >= 15 is 0 Å². The molecule has 0 saturated carbocycles. The van der Waals surface area contributed by atoms with Crippen molar-refractivity contribution < 1.29 is 23.9 Å². The Balaban J connectivity index is 1.86. The number of imide groups is 2. The van der Waals surface area contributed by atoms with Crippen molar-refractivity contribution in [3.05, 3.63) is 29.3 Å². The van der Waals surface area contributed by atoms with Gasteiger partial charge in [0.2, 0.25) is 5.91 Å². The summed E-state index contributed by atoms with van der Waals surface area (Å²) in [4.78, 5) is 51.4. The summed E-state index contributed by atoms with van der Waals surface area (Å²) in [5.41, 5.74) is 0. The number of carbonyl (C=O) groups excluding carboxylic acids is 4. The van der Waals surface area contributed by atoms with Gasteiger partial charge in [0.05, 0.1) is 6.54 Å². The first kappa shape index (κ1) is 20.7. The minimum absolute atomic E-state index is 0.0223. The molecular weight excluding hydrogens is 374 g/mol. The van der Waals surface area contributed by atoms with Crippen molar-refractivity contribution in [1.29, 1.82) is 0 Å². The minimum Gasteiger partial charge on any atom is -0.492 e. The molecule has 1 aromatic rings. The van der Waals surface area contributed by atoms with E-state index in [1.54, 1.807) is 24.3 Å². The molecule has 9 heteroatoms. The molecule has 1 aliphatic rings. The van der Waals surface area contributed by atoms with Crippen molar-refractivity contribution >= 4 is 35.4 Å². The average molecular weight is 396 g/mol. The fraction of sp³-hybridized carbons (Fsp3) is 0.444. The van der Waals surface area contributed by atoms with Crippen molar-refractivity contribution in [2.75, 3.05) is 33.3 Å². The SMILES string of the molecule is CC(C)CN1C(=O)C(=O)N(CC(=O)N(C)CCOc2ccc(Cl)cc2)C1=O. The number of rotatable bonds is 8. The molecule has 1 aromatic carbocycles. The van der Waals surface area contributed by atoms with E-state index in [1.165, 1.54) is 11.9 Å². The van der Waals surface area contributed by atoms with Crippen molar-refractivity contribution in [1.82, 2.24) is 14.7 Å². The molecule has 0 N–H and O–H groups in total. The van der Waals surface area contributed by atoms with Gasteiger partial charge in [0, 0.05) is 18.6 Å². The molecule has 1 fully saturated rings. The Labute approximate surface area is 162 Å². The number of nitrogens with zero attached hydrogens (tertiary/aromatic N) is 3. The largest absolute Gasteiger partial charge is 0.492 e. The van der Waals surface area contributed by atoms with E-state index in [0.29, 0.717) is 15.7 Å². The van der Waals surface area contributed by atoms with Gasteiger partial charge in [-0.25, -0.2) is 9.69 Å². The van der Waals surface area contributed by atoms with Crippen LogP contribution >= 0.6 is 11.6 Å². The maximum atomic E-state index is 12.3. The zero-order valence-corrected chi connectivity index (χ0v) is 16.2. The van der Waals surface area contributed by atoms with Crippen LogP contribution in [0.2, 0.25) is 5.02 Å². The summed E-state index contributed by atoms with van der Waals surface area (Å²) in [5, 5.41) is 0.593. The van der Waals surface area contributed by atoms with Gasteiger partial charge >= 0.3 is 17.8 Å². The minimum atomic E-state index is -0.972. The lowest BCUT2D eigenvalue weighted by atomic mass is 10.2. The number of benzene rings is 1. The molecule has 1 heterocycles. The van der Waals surface area contributed by atoms with E-state index in [0.717, 1.165) is 4.90 Å². The number of hydrogen-bond donors (Lipinski definition) is 0. The third-order valence-electron chi connectivity index (χ3n) is 3.91. The lowest BCUT2D eigenvalue weighted by Crippen LogP contribution is -2.43. The van der Waals surface area contributed by atoms with Gasteiger partial charge < -0.3 is 9.64 Å². The van der Waals surface area contributed by atoms with Crippen molar-refractivity contribution in [2.45, 2.75) is 13.8 Å². The van der Waals surface area contributed by atoms with Crippen LogP contribution in [-0.2, 0) is 14.4 Å². The number of hydrogen-bond acceptors (Lipinski definition) is 5. The molecule has 0 unspecified atom stereocenters. The Bertz CT molecular complexity index is 735. The van der Waals surface area contributed by atoms with Crippen molar-refractivity contribution in [2.24, 2.45) is 5.92 Å². The Morgan fingerprint density at radius 1 is 1.11 bits per heavy atom. The van der Waals surface area contributed by atoms with Crippen LogP contribution in [-0.4, -0.2) is 71.7 Å². The average Bonchev–Trinajstić information content (AvgIpc) is 2.81. The van der Waals surface area contributed by atoms with Crippen LogP contribution in [0.5, 0.6) is 5.75 Å². The smallest absolute Gasteiger partial charge is 0.334 e. The number of halogens is 1. The highest BCUT2D eigenvalue weighted by Crippen LogP contribution is 2.16. The molecule has 1 aliphatic heterocycles. The molecule has 0 bridgehead atoms. The van der Waals surface area contributed by atoms with E-state index in [9.17, 15) is 19.2 Å². The van der Waals surface area contributed by atoms with Gasteiger partial charge in [-0.2, -0.15) is 0 Å². The number of amides is 5. The van der Waals surface area contributed by atoms with Crippen LogP contribution in [0.1, 0.15) is 13.8 Å². The zero-order valence-electron chi connectivity index (χ0n) is 15.5. The second-order valence-electron chi connectivity index (χ2n) is 6.60. The summed E-state index contributed by atoms with van der Waals surface area (Å²) in [6, 6.07) is 6.05. The van der Waals surface area contributed by atoms with Crippen LogP contribution in [0, 0.1) is 5.92 Å². The first-order valence-electron chi connectivity index (χ1n) is 8.50. The van der Waals surface area contributed by atoms with Gasteiger partial charge in [0.1, 0.15) is 18.9 Å². The predicted molar refractivity (Wildman–Crippen MR) is 98.2 cm³/mol. The molecule has 0 aliphatic carbocycles. The molecule has 2 rings (SSSR count). The topological polar surface area (TPSA) is 87.2 Å². The first-order valence-corrected chi connectivity index (χ1v) is 8.88.